The Morgan fingerprint density at radius 2 is 2.00 bits per heavy atom. The number of nitrogens with one attached hydrogen (secondary N) is 1. The standard InChI is InChI=1S/C10H17N3O2/c1-2-5-12-10(15)13-6-3-8(4-7-13)9(11)14/h2,5,8H,3-4,6-7H2,1H3,(H2,11,14)(H,12,15)/b5-2+. The maximum absolute atomic E-state index is 11.5. The molecule has 0 spiro atoms. The van der Waals surface area contributed by atoms with Gasteiger partial charge in [-0.05, 0) is 19.8 Å². The molecule has 1 aliphatic rings. The molecule has 3 amide bonds. The lowest BCUT2D eigenvalue weighted by molar-refractivity contribution is -0.122. The van der Waals surface area contributed by atoms with Gasteiger partial charge in [0.25, 0.3) is 0 Å². The first kappa shape index (κ1) is 11.6. The Bertz CT molecular complexity index is 268. The van der Waals surface area contributed by atoms with E-state index in [2.05, 4.69) is 5.32 Å². The lowest BCUT2D eigenvalue weighted by Gasteiger charge is -2.30. The number of nitrogens with zero attached hydrogens (tertiary/aromatic N) is 1. The Hall–Kier alpha value is -1.52. The molecule has 1 heterocycles. The number of urea groups is 1. The summed E-state index contributed by atoms with van der Waals surface area (Å²) in [7, 11) is 0. The highest BCUT2D eigenvalue weighted by atomic mass is 16.2. The number of piperidine rings is 1. The molecular weight excluding hydrogens is 194 g/mol. The number of nitrogens with two attached hydrogens (primary N) is 1. The second kappa shape index (κ2) is 5.38. The fraction of sp³-hybridized carbons (Fsp3) is 0.600. The van der Waals surface area contributed by atoms with E-state index in [1.807, 2.05) is 6.92 Å². The van der Waals surface area contributed by atoms with Crippen LogP contribution in [0.2, 0.25) is 0 Å². The van der Waals surface area contributed by atoms with Crippen molar-refractivity contribution in [3.8, 4) is 0 Å². The van der Waals surface area contributed by atoms with E-state index >= 15 is 0 Å². The van der Waals surface area contributed by atoms with Crippen LogP contribution in [-0.2, 0) is 4.79 Å². The first-order valence-corrected chi connectivity index (χ1v) is 5.11. The molecule has 1 saturated heterocycles. The summed E-state index contributed by atoms with van der Waals surface area (Å²) in [5, 5.41) is 2.64. The normalized spacial score (nSPS) is 18.1. The van der Waals surface area contributed by atoms with Gasteiger partial charge in [0.2, 0.25) is 5.91 Å². The number of hydrogen-bond acceptors (Lipinski definition) is 2. The number of allylic oxidation sites excluding steroid dienone is 1. The molecular formula is C10H17N3O2. The van der Waals surface area contributed by atoms with Crippen LogP contribution in [0.1, 0.15) is 19.8 Å². The fourth-order valence-corrected chi connectivity index (χ4v) is 1.61. The molecule has 1 aliphatic heterocycles. The quantitative estimate of drug-likeness (QED) is 0.694. The van der Waals surface area contributed by atoms with Gasteiger partial charge < -0.3 is 16.0 Å². The van der Waals surface area contributed by atoms with Crippen molar-refractivity contribution in [3.63, 3.8) is 0 Å². The predicted molar refractivity (Wildman–Crippen MR) is 56.8 cm³/mol. The molecule has 0 saturated carbocycles. The van der Waals surface area contributed by atoms with Crippen LogP contribution in [0, 0.1) is 5.92 Å². The highest BCUT2D eigenvalue weighted by Crippen LogP contribution is 2.16. The van der Waals surface area contributed by atoms with Crippen molar-refractivity contribution >= 4 is 11.9 Å². The van der Waals surface area contributed by atoms with E-state index < -0.39 is 0 Å². The van der Waals surface area contributed by atoms with Gasteiger partial charge in [0.05, 0.1) is 0 Å². The third-order valence-corrected chi connectivity index (χ3v) is 2.56. The Kier molecular flexibility index (Phi) is 4.15. The average molecular weight is 211 g/mol. The average Bonchev–Trinajstić information content (AvgIpc) is 2.26. The van der Waals surface area contributed by atoms with Crippen LogP contribution in [0.15, 0.2) is 12.3 Å². The third-order valence-electron chi connectivity index (χ3n) is 2.56. The maximum Gasteiger partial charge on any atom is 0.321 e. The van der Waals surface area contributed by atoms with Crippen LogP contribution in [0.25, 0.3) is 0 Å². The maximum atomic E-state index is 11.5. The molecule has 1 rings (SSSR count). The fourth-order valence-electron chi connectivity index (χ4n) is 1.61. The molecule has 0 atom stereocenters. The van der Waals surface area contributed by atoms with E-state index in [1.165, 1.54) is 0 Å². The SMILES string of the molecule is C/C=C/NC(=O)N1CCC(C(N)=O)CC1. The Balaban J connectivity index is 2.36. The van der Waals surface area contributed by atoms with Gasteiger partial charge in [-0.15, -0.1) is 0 Å². The number of carbonyl (C=O) groups is 2. The highest BCUT2D eigenvalue weighted by Gasteiger charge is 2.25. The van der Waals surface area contributed by atoms with Gasteiger partial charge in [0.1, 0.15) is 0 Å². The molecule has 5 nitrogen and oxygen atoms in total. The second-order valence-corrected chi connectivity index (χ2v) is 3.61. The monoisotopic (exact) mass is 211 g/mol. The van der Waals surface area contributed by atoms with Gasteiger partial charge in [0.15, 0.2) is 0 Å². The van der Waals surface area contributed by atoms with E-state index in [0.717, 1.165) is 0 Å². The van der Waals surface area contributed by atoms with Crippen molar-refractivity contribution in [2.24, 2.45) is 11.7 Å². The van der Waals surface area contributed by atoms with E-state index in [9.17, 15) is 9.59 Å². The van der Waals surface area contributed by atoms with E-state index in [4.69, 9.17) is 5.73 Å². The summed E-state index contributed by atoms with van der Waals surface area (Å²) in [6.07, 6.45) is 4.69. The minimum absolute atomic E-state index is 0.0734. The summed E-state index contributed by atoms with van der Waals surface area (Å²) in [5.41, 5.74) is 5.20. The van der Waals surface area contributed by atoms with Crippen molar-refractivity contribution < 1.29 is 9.59 Å². The number of hydrogen-bond donors (Lipinski definition) is 2. The number of carbonyl (C=O) groups excluding carboxylic acids is 2. The molecule has 3 N–H and O–H groups in total. The van der Waals surface area contributed by atoms with Crippen molar-refractivity contribution in [2.75, 3.05) is 13.1 Å². The molecule has 0 aliphatic carbocycles. The number of primary amides is 1. The second-order valence-electron chi connectivity index (χ2n) is 3.61. The first-order chi connectivity index (χ1) is 7.15. The third kappa shape index (κ3) is 3.27. The Morgan fingerprint density at radius 1 is 1.40 bits per heavy atom. The van der Waals surface area contributed by atoms with Crippen LogP contribution >= 0.6 is 0 Å². The van der Waals surface area contributed by atoms with Crippen LogP contribution < -0.4 is 11.1 Å². The molecule has 1 fully saturated rings. The summed E-state index contributed by atoms with van der Waals surface area (Å²) in [6.45, 7) is 3.02. The van der Waals surface area contributed by atoms with Crippen LogP contribution in [0.5, 0.6) is 0 Å². The molecule has 0 unspecified atom stereocenters. The largest absolute Gasteiger partial charge is 0.369 e. The lowest BCUT2D eigenvalue weighted by atomic mass is 9.96. The highest BCUT2D eigenvalue weighted by molar-refractivity contribution is 5.78. The van der Waals surface area contributed by atoms with E-state index in [1.54, 1.807) is 17.2 Å². The van der Waals surface area contributed by atoms with Crippen molar-refractivity contribution in [1.29, 1.82) is 0 Å². The smallest absolute Gasteiger partial charge is 0.321 e. The van der Waals surface area contributed by atoms with Gasteiger partial charge in [-0.25, -0.2) is 4.79 Å². The van der Waals surface area contributed by atoms with Crippen molar-refractivity contribution in [2.45, 2.75) is 19.8 Å². The molecule has 0 bridgehead atoms. The van der Waals surface area contributed by atoms with Gasteiger partial charge >= 0.3 is 6.03 Å². The summed E-state index contributed by atoms with van der Waals surface area (Å²) in [4.78, 5) is 24.1. The molecule has 0 aromatic rings. The molecule has 0 aromatic carbocycles. The minimum atomic E-state index is -0.261. The summed E-state index contributed by atoms with van der Waals surface area (Å²) in [6, 6.07) is -0.115. The zero-order chi connectivity index (χ0) is 11.3. The van der Waals surface area contributed by atoms with Gasteiger partial charge in [-0.1, -0.05) is 6.08 Å². The number of amides is 3. The zero-order valence-electron chi connectivity index (χ0n) is 8.90. The van der Waals surface area contributed by atoms with Crippen molar-refractivity contribution in [3.05, 3.63) is 12.3 Å². The predicted octanol–water partition coefficient (Wildman–Crippen LogP) is 0.427. The lowest BCUT2D eigenvalue weighted by Crippen LogP contribution is -2.45. The summed E-state index contributed by atoms with van der Waals surface area (Å²) >= 11 is 0. The topological polar surface area (TPSA) is 75.4 Å². The number of rotatable bonds is 2. The van der Waals surface area contributed by atoms with Crippen LogP contribution in [0.4, 0.5) is 4.79 Å². The Morgan fingerprint density at radius 3 is 2.47 bits per heavy atom. The van der Waals surface area contributed by atoms with Gasteiger partial charge in [0, 0.05) is 25.2 Å². The Labute approximate surface area is 89.3 Å². The first-order valence-electron chi connectivity index (χ1n) is 5.11. The molecule has 15 heavy (non-hydrogen) atoms. The number of likely N-dealkylation sites (tertiary alicyclic amines) is 1. The summed E-state index contributed by atoms with van der Waals surface area (Å²) in [5.74, 6) is -0.334. The van der Waals surface area contributed by atoms with Crippen molar-refractivity contribution in [1.82, 2.24) is 10.2 Å². The van der Waals surface area contributed by atoms with Crippen LogP contribution in [-0.4, -0.2) is 29.9 Å². The zero-order valence-corrected chi connectivity index (χ0v) is 8.90. The van der Waals surface area contributed by atoms with Gasteiger partial charge in [-0.3, -0.25) is 4.79 Å². The minimum Gasteiger partial charge on any atom is -0.369 e. The summed E-state index contributed by atoms with van der Waals surface area (Å²) < 4.78 is 0. The molecule has 5 heteroatoms. The van der Waals surface area contributed by atoms with E-state index in [0.29, 0.717) is 25.9 Å². The molecule has 0 radical (unpaired) electrons. The van der Waals surface area contributed by atoms with Crippen LogP contribution in [0.3, 0.4) is 0 Å². The molecule has 0 aromatic heterocycles. The van der Waals surface area contributed by atoms with Gasteiger partial charge in [-0.2, -0.15) is 0 Å². The van der Waals surface area contributed by atoms with E-state index in [-0.39, 0.29) is 17.9 Å². The molecule has 84 valence electrons.